The quantitative estimate of drug-likeness (QED) is 0.156. The maximum absolute atomic E-state index is 5.21. The van der Waals surface area contributed by atoms with Crippen molar-refractivity contribution in [3.05, 3.63) is 237 Å². The van der Waals surface area contributed by atoms with Gasteiger partial charge in [0, 0.05) is 38.4 Å². The summed E-state index contributed by atoms with van der Waals surface area (Å²) in [7, 11) is 0. The first-order valence-electron chi connectivity index (χ1n) is 23.1. The number of rotatable bonds is 6. The van der Waals surface area contributed by atoms with Gasteiger partial charge in [-0.3, -0.25) is 4.57 Å². The highest BCUT2D eigenvalue weighted by Gasteiger charge is 2.21. The van der Waals surface area contributed by atoms with Crippen LogP contribution < -0.4 is 0 Å². The Bertz CT molecular complexity index is 4230. The fraction of sp³-hybridized carbons (Fsp3) is 0. The molecule has 0 saturated heterocycles. The first kappa shape index (κ1) is 38.1. The lowest BCUT2D eigenvalue weighted by Gasteiger charge is -2.14. The van der Waals surface area contributed by atoms with Crippen molar-refractivity contribution in [2.75, 3.05) is 0 Å². The molecule has 5 nitrogen and oxygen atoms in total. The molecule has 3 aromatic heterocycles. The normalized spacial score (nSPS) is 11.8. The van der Waals surface area contributed by atoms with Crippen molar-refractivity contribution in [1.29, 1.82) is 0 Å². The van der Waals surface area contributed by atoms with E-state index < -0.39 is 0 Å². The minimum Gasteiger partial charge on any atom is -0.309 e. The second-order valence-electron chi connectivity index (χ2n) is 17.6. The summed E-state index contributed by atoms with van der Waals surface area (Å²) >= 11 is 0. The first-order chi connectivity index (χ1) is 33.7. The monoisotopic (exact) mass is 865 g/mol. The van der Waals surface area contributed by atoms with Crippen LogP contribution in [-0.4, -0.2) is 24.1 Å². The number of hydrogen-bond acceptors (Lipinski definition) is 3. The average molecular weight is 866 g/mol. The predicted molar refractivity (Wildman–Crippen MR) is 283 cm³/mol. The molecule has 0 unspecified atom stereocenters. The van der Waals surface area contributed by atoms with Crippen molar-refractivity contribution in [3.8, 4) is 56.7 Å². The van der Waals surface area contributed by atoms with Crippen LogP contribution in [0.4, 0.5) is 0 Å². The van der Waals surface area contributed by atoms with Crippen LogP contribution in [-0.2, 0) is 0 Å². The Hall–Kier alpha value is -9.19. The second kappa shape index (κ2) is 15.2. The largest absolute Gasteiger partial charge is 0.309 e. The maximum Gasteiger partial charge on any atom is 0.238 e. The van der Waals surface area contributed by atoms with E-state index in [-0.39, 0.29) is 0 Å². The van der Waals surface area contributed by atoms with E-state index in [2.05, 4.69) is 209 Å². The molecule has 0 fully saturated rings. The van der Waals surface area contributed by atoms with E-state index in [1.54, 1.807) is 0 Å². The predicted octanol–water partition coefficient (Wildman–Crippen LogP) is 16.2. The standard InChI is InChI=1S/C63H39N5/c1-4-16-40(17-5-1)44-31-35-50-53(36-44)48-23-11-10-22-47(48)49-34-30-45(37-54(49)50)41-28-32-46(33-29-41)67-57-26-14-12-24-51(57)55-38-56-52-25-13-15-27-58(52)68(60(56)39-59(55)67)63-65-61(42-18-6-2-7-19-42)64-62(66-63)43-20-8-3-9-21-43/h1-39H. The molecule has 3 heterocycles. The van der Waals surface area contributed by atoms with Gasteiger partial charge in [0.25, 0.3) is 0 Å². The molecular weight excluding hydrogens is 827 g/mol. The lowest BCUT2D eigenvalue weighted by atomic mass is 9.90. The van der Waals surface area contributed by atoms with Gasteiger partial charge < -0.3 is 4.57 Å². The molecule has 0 aliphatic heterocycles. The summed E-state index contributed by atoms with van der Waals surface area (Å²) in [5, 5.41) is 12.3. The van der Waals surface area contributed by atoms with E-state index in [9.17, 15) is 0 Å². The summed E-state index contributed by atoms with van der Waals surface area (Å²) < 4.78 is 4.61. The van der Waals surface area contributed by atoms with Gasteiger partial charge in [0.2, 0.25) is 5.95 Å². The summed E-state index contributed by atoms with van der Waals surface area (Å²) in [6.07, 6.45) is 0. The lowest BCUT2D eigenvalue weighted by molar-refractivity contribution is 0.953. The van der Waals surface area contributed by atoms with Gasteiger partial charge in [-0.2, -0.15) is 9.97 Å². The topological polar surface area (TPSA) is 48.5 Å². The highest BCUT2D eigenvalue weighted by Crippen LogP contribution is 2.42. The Morgan fingerprint density at radius 3 is 1.18 bits per heavy atom. The van der Waals surface area contributed by atoms with Gasteiger partial charge in [-0.15, -0.1) is 0 Å². The molecule has 68 heavy (non-hydrogen) atoms. The fourth-order valence-corrected chi connectivity index (χ4v) is 10.6. The molecule has 0 radical (unpaired) electrons. The molecule has 14 aromatic rings. The highest BCUT2D eigenvalue weighted by atomic mass is 15.2. The second-order valence-corrected chi connectivity index (χ2v) is 17.6. The Morgan fingerprint density at radius 2 is 0.618 bits per heavy atom. The molecule has 0 amide bonds. The van der Waals surface area contributed by atoms with E-state index in [1.165, 1.54) is 65.3 Å². The molecular formula is C63H39N5. The van der Waals surface area contributed by atoms with Crippen molar-refractivity contribution in [1.82, 2.24) is 24.1 Å². The Morgan fingerprint density at radius 1 is 0.221 bits per heavy atom. The molecule has 14 rings (SSSR count). The van der Waals surface area contributed by atoms with E-state index in [0.717, 1.165) is 49.7 Å². The van der Waals surface area contributed by atoms with E-state index in [0.29, 0.717) is 17.6 Å². The molecule has 0 atom stereocenters. The zero-order chi connectivity index (χ0) is 44.7. The molecule has 0 aliphatic rings. The van der Waals surface area contributed by atoms with Gasteiger partial charge in [0.05, 0.1) is 22.1 Å². The molecule has 0 spiro atoms. The zero-order valence-electron chi connectivity index (χ0n) is 36.8. The Kier molecular flexibility index (Phi) is 8.52. The van der Waals surface area contributed by atoms with Gasteiger partial charge in [-0.05, 0) is 103 Å². The van der Waals surface area contributed by atoms with Crippen LogP contribution in [0.3, 0.4) is 0 Å². The van der Waals surface area contributed by atoms with Crippen LogP contribution in [0.5, 0.6) is 0 Å². The summed E-state index contributed by atoms with van der Waals surface area (Å²) in [6, 6.07) is 84.8. The maximum atomic E-state index is 5.21. The number of nitrogens with zero attached hydrogens (tertiary/aromatic N) is 5. The smallest absolute Gasteiger partial charge is 0.238 e. The molecule has 0 aliphatic carbocycles. The van der Waals surface area contributed by atoms with Crippen molar-refractivity contribution >= 4 is 75.9 Å². The fourth-order valence-electron chi connectivity index (χ4n) is 10.6. The molecule has 0 N–H and O–H groups in total. The molecule has 316 valence electrons. The molecule has 11 aromatic carbocycles. The SMILES string of the molecule is c1ccc(-c2ccc3c(c2)c2ccccc2c2ccc(-c4ccc(-n5c6ccccc6c6cc7c8ccccc8n(-c8nc(-c9ccccc9)nc(-c9ccccc9)n8)c7cc65)cc4)cc23)cc1. The third-order valence-corrected chi connectivity index (χ3v) is 13.8. The van der Waals surface area contributed by atoms with Gasteiger partial charge in [0.1, 0.15) is 0 Å². The van der Waals surface area contributed by atoms with Crippen molar-refractivity contribution in [3.63, 3.8) is 0 Å². The summed E-state index contributed by atoms with van der Waals surface area (Å²) in [5.74, 6) is 1.82. The van der Waals surface area contributed by atoms with Crippen LogP contribution >= 0.6 is 0 Å². The number of benzene rings is 11. The molecule has 0 bridgehead atoms. The van der Waals surface area contributed by atoms with E-state index in [4.69, 9.17) is 15.0 Å². The lowest BCUT2D eigenvalue weighted by Crippen LogP contribution is -2.06. The minimum absolute atomic E-state index is 0.572. The Labute approximate surface area is 391 Å². The first-order valence-corrected chi connectivity index (χ1v) is 23.1. The Balaban J connectivity index is 0.940. The van der Waals surface area contributed by atoms with E-state index in [1.807, 2.05) is 36.4 Å². The zero-order valence-corrected chi connectivity index (χ0v) is 36.8. The number of para-hydroxylation sites is 2. The van der Waals surface area contributed by atoms with Gasteiger partial charge in [-0.1, -0.05) is 188 Å². The van der Waals surface area contributed by atoms with Gasteiger partial charge >= 0.3 is 0 Å². The molecule has 5 heteroatoms. The van der Waals surface area contributed by atoms with Gasteiger partial charge in [0.15, 0.2) is 11.6 Å². The highest BCUT2D eigenvalue weighted by molar-refractivity contribution is 6.26. The van der Waals surface area contributed by atoms with Crippen LogP contribution in [0.2, 0.25) is 0 Å². The summed E-state index contributed by atoms with van der Waals surface area (Å²) in [4.78, 5) is 15.4. The van der Waals surface area contributed by atoms with Crippen LogP contribution in [0, 0.1) is 0 Å². The molecule has 0 saturated carbocycles. The van der Waals surface area contributed by atoms with Crippen molar-refractivity contribution in [2.45, 2.75) is 0 Å². The summed E-state index contributed by atoms with van der Waals surface area (Å²) in [5.41, 5.74) is 12.1. The van der Waals surface area contributed by atoms with Crippen LogP contribution in [0.15, 0.2) is 237 Å². The number of hydrogen-bond donors (Lipinski definition) is 0. The van der Waals surface area contributed by atoms with Crippen molar-refractivity contribution < 1.29 is 0 Å². The van der Waals surface area contributed by atoms with Crippen LogP contribution in [0.25, 0.3) is 133 Å². The summed E-state index contributed by atoms with van der Waals surface area (Å²) in [6.45, 7) is 0. The minimum atomic E-state index is 0.572. The number of fused-ring (bicyclic) bond motifs is 12. The van der Waals surface area contributed by atoms with E-state index >= 15 is 0 Å². The number of aromatic nitrogens is 5. The average Bonchev–Trinajstić information content (AvgIpc) is 3.92. The third kappa shape index (κ3) is 5.99. The van der Waals surface area contributed by atoms with Gasteiger partial charge in [-0.25, -0.2) is 4.98 Å². The van der Waals surface area contributed by atoms with Crippen LogP contribution in [0.1, 0.15) is 0 Å². The third-order valence-electron chi connectivity index (χ3n) is 13.8. The van der Waals surface area contributed by atoms with Crippen molar-refractivity contribution in [2.24, 2.45) is 0 Å².